The van der Waals surface area contributed by atoms with Crippen molar-refractivity contribution in [2.45, 2.75) is 19.5 Å². The number of carbonyl (C=O) groups excluding carboxylic acids is 1. The van der Waals surface area contributed by atoms with Crippen LogP contribution in [0.2, 0.25) is 0 Å². The van der Waals surface area contributed by atoms with E-state index in [0.29, 0.717) is 5.56 Å². The van der Waals surface area contributed by atoms with Crippen molar-refractivity contribution in [3.63, 3.8) is 0 Å². The normalized spacial score (nSPS) is 13.3. The summed E-state index contributed by atoms with van der Waals surface area (Å²) >= 11 is 0. The van der Waals surface area contributed by atoms with Crippen LogP contribution < -0.4 is 0 Å². The molecule has 0 heterocycles. The smallest absolute Gasteiger partial charge is 0.273 e. The van der Waals surface area contributed by atoms with Crippen molar-refractivity contribution in [2.24, 2.45) is 0 Å². The Morgan fingerprint density at radius 2 is 2.00 bits per heavy atom. The van der Waals surface area contributed by atoms with E-state index < -0.39 is 12.6 Å². The lowest BCUT2D eigenvalue weighted by atomic mass is 10.1. The van der Waals surface area contributed by atoms with Crippen LogP contribution in [0, 0.1) is 0 Å². The highest BCUT2D eigenvalue weighted by atomic mass is 19.3. The van der Waals surface area contributed by atoms with Crippen molar-refractivity contribution in [3.05, 3.63) is 41.5 Å². The highest BCUT2D eigenvalue weighted by Gasteiger charge is 2.21. The zero-order valence-electron chi connectivity index (χ0n) is 8.66. The topological polar surface area (TPSA) is 17.1 Å². The first-order chi connectivity index (χ1) is 7.50. The third-order valence-corrected chi connectivity index (χ3v) is 1.96. The molecule has 0 aliphatic rings. The van der Waals surface area contributed by atoms with Gasteiger partial charge in [-0.1, -0.05) is 24.3 Å². The molecule has 0 aliphatic heterocycles. The van der Waals surface area contributed by atoms with Gasteiger partial charge in [-0.05, 0) is 30.2 Å². The molecule has 1 nitrogen and oxygen atoms in total. The predicted molar refractivity (Wildman–Crippen MR) is 56.0 cm³/mol. The highest BCUT2D eigenvalue weighted by Crippen LogP contribution is 2.25. The Bertz CT molecular complexity index is 399. The van der Waals surface area contributed by atoms with Gasteiger partial charge in [-0.15, -0.1) is 0 Å². The summed E-state index contributed by atoms with van der Waals surface area (Å²) in [5.41, 5.74) is 0.441. The molecule has 16 heavy (non-hydrogen) atoms. The second-order valence-corrected chi connectivity index (χ2v) is 3.35. The first-order valence-corrected chi connectivity index (χ1v) is 4.71. The first kappa shape index (κ1) is 12.5. The van der Waals surface area contributed by atoms with Crippen molar-refractivity contribution >= 4 is 11.9 Å². The van der Waals surface area contributed by atoms with Gasteiger partial charge in [-0.2, -0.15) is 0 Å². The number of rotatable bonds is 4. The van der Waals surface area contributed by atoms with E-state index in [1.165, 1.54) is 37.3 Å². The second kappa shape index (κ2) is 5.49. The zero-order chi connectivity index (χ0) is 12.1. The van der Waals surface area contributed by atoms with Crippen molar-refractivity contribution in [3.8, 4) is 0 Å². The summed E-state index contributed by atoms with van der Waals surface area (Å²) in [7, 11) is 0. The molecule has 0 bridgehead atoms. The number of halogens is 3. The number of alkyl halides is 3. The number of allylic oxidation sites excluding steroid dienone is 1. The van der Waals surface area contributed by atoms with Gasteiger partial charge in [0.2, 0.25) is 0 Å². The van der Waals surface area contributed by atoms with E-state index >= 15 is 0 Å². The average molecular weight is 228 g/mol. The lowest BCUT2D eigenvalue weighted by molar-refractivity contribution is -0.112. The molecule has 1 atom stereocenters. The number of benzene rings is 1. The van der Waals surface area contributed by atoms with Gasteiger partial charge in [-0.3, -0.25) is 4.79 Å². The summed E-state index contributed by atoms with van der Waals surface area (Å²) in [5, 5.41) is 0. The van der Waals surface area contributed by atoms with E-state index in [2.05, 4.69) is 0 Å². The van der Waals surface area contributed by atoms with Gasteiger partial charge < -0.3 is 0 Å². The van der Waals surface area contributed by atoms with Crippen LogP contribution in [0.1, 0.15) is 24.2 Å². The molecule has 0 amide bonds. The van der Waals surface area contributed by atoms with Crippen LogP contribution in [0.25, 0.3) is 6.08 Å². The molecule has 0 aromatic heterocycles. The van der Waals surface area contributed by atoms with Crippen LogP contribution in [0.15, 0.2) is 30.3 Å². The quantitative estimate of drug-likeness (QED) is 0.720. The average Bonchev–Trinajstić information content (AvgIpc) is 2.25. The largest absolute Gasteiger partial charge is 0.295 e. The molecule has 4 heteroatoms. The SMILES string of the molecule is CC(=O)C=Cc1cccc(C(F)C(F)F)c1. The molecule has 86 valence electrons. The summed E-state index contributed by atoms with van der Waals surface area (Å²) < 4.78 is 37.2. The van der Waals surface area contributed by atoms with Crippen molar-refractivity contribution in [1.29, 1.82) is 0 Å². The lowest BCUT2D eigenvalue weighted by Crippen LogP contribution is -2.02. The monoisotopic (exact) mass is 228 g/mol. The van der Waals surface area contributed by atoms with E-state index in [0.717, 1.165) is 0 Å². The van der Waals surface area contributed by atoms with Gasteiger partial charge in [0.25, 0.3) is 6.43 Å². The van der Waals surface area contributed by atoms with Gasteiger partial charge >= 0.3 is 0 Å². The molecular formula is C12H11F3O. The molecule has 0 radical (unpaired) electrons. The van der Waals surface area contributed by atoms with Gasteiger partial charge in [-0.25, -0.2) is 13.2 Å². The fraction of sp³-hybridized carbons (Fsp3) is 0.250. The Morgan fingerprint density at radius 3 is 2.56 bits per heavy atom. The number of hydrogen-bond donors (Lipinski definition) is 0. The van der Waals surface area contributed by atoms with E-state index in [-0.39, 0.29) is 11.3 Å². The number of ketones is 1. The van der Waals surface area contributed by atoms with Crippen LogP contribution in [0.4, 0.5) is 13.2 Å². The van der Waals surface area contributed by atoms with E-state index in [9.17, 15) is 18.0 Å². The predicted octanol–water partition coefficient (Wildman–Crippen LogP) is 3.56. The van der Waals surface area contributed by atoms with E-state index in [1.54, 1.807) is 6.07 Å². The molecule has 0 fully saturated rings. The highest BCUT2D eigenvalue weighted by molar-refractivity contribution is 5.91. The summed E-state index contributed by atoms with van der Waals surface area (Å²) in [4.78, 5) is 10.7. The van der Waals surface area contributed by atoms with Crippen molar-refractivity contribution in [1.82, 2.24) is 0 Å². The van der Waals surface area contributed by atoms with Gasteiger partial charge in [0.1, 0.15) is 0 Å². The van der Waals surface area contributed by atoms with Crippen LogP contribution in [-0.2, 0) is 4.79 Å². The molecular weight excluding hydrogens is 217 g/mol. The third-order valence-electron chi connectivity index (χ3n) is 1.96. The molecule has 0 spiro atoms. The maximum atomic E-state index is 13.0. The minimum absolute atomic E-state index is 0.0827. The first-order valence-electron chi connectivity index (χ1n) is 4.71. The maximum Gasteiger partial charge on any atom is 0.273 e. The third kappa shape index (κ3) is 3.53. The van der Waals surface area contributed by atoms with Crippen molar-refractivity contribution in [2.75, 3.05) is 0 Å². The molecule has 0 N–H and O–H groups in total. The lowest BCUT2D eigenvalue weighted by Gasteiger charge is -2.07. The van der Waals surface area contributed by atoms with Crippen LogP contribution >= 0.6 is 0 Å². The summed E-state index contributed by atoms with van der Waals surface area (Å²) in [6.45, 7) is 1.37. The minimum Gasteiger partial charge on any atom is -0.295 e. The Kier molecular flexibility index (Phi) is 4.28. The van der Waals surface area contributed by atoms with Crippen LogP contribution in [-0.4, -0.2) is 12.2 Å². The Balaban J connectivity index is 2.91. The van der Waals surface area contributed by atoms with Gasteiger partial charge in [0, 0.05) is 0 Å². The standard InChI is InChI=1S/C12H11F3O/c1-8(16)5-6-9-3-2-4-10(7-9)11(13)12(14)15/h2-7,11-12H,1H3. The van der Waals surface area contributed by atoms with Crippen molar-refractivity contribution < 1.29 is 18.0 Å². The summed E-state index contributed by atoms with van der Waals surface area (Å²) in [5.74, 6) is -0.156. The van der Waals surface area contributed by atoms with Gasteiger partial charge in [0.15, 0.2) is 12.0 Å². The molecule has 1 unspecified atom stereocenters. The molecule has 0 saturated heterocycles. The molecule has 0 saturated carbocycles. The van der Waals surface area contributed by atoms with Crippen LogP contribution in [0.3, 0.4) is 0 Å². The molecule has 0 aliphatic carbocycles. The minimum atomic E-state index is -3.04. The molecule has 1 aromatic carbocycles. The van der Waals surface area contributed by atoms with Gasteiger partial charge in [0.05, 0.1) is 0 Å². The fourth-order valence-electron chi connectivity index (χ4n) is 1.19. The Labute approximate surface area is 91.6 Å². The van der Waals surface area contributed by atoms with Crippen LogP contribution in [0.5, 0.6) is 0 Å². The maximum absolute atomic E-state index is 13.0. The van der Waals surface area contributed by atoms with E-state index in [1.807, 2.05) is 0 Å². The Morgan fingerprint density at radius 1 is 1.31 bits per heavy atom. The zero-order valence-corrected chi connectivity index (χ0v) is 8.66. The molecule has 1 rings (SSSR count). The molecule has 1 aromatic rings. The second-order valence-electron chi connectivity index (χ2n) is 3.35. The fourth-order valence-corrected chi connectivity index (χ4v) is 1.19. The summed E-state index contributed by atoms with van der Waals surface area (Å²) in [6.07, 6.45) is -2.56. The summed E-state index contributed by atoms with van der Waals surface area (Å²) in [6, 6.07) is 5.68. The number of hydrogen-bond acceptors (Lipinski definition) is 1. The Hall–Kier alpha value is -1.58. The number of carbonyl (C=O) groups is 1. The van der Waals surface area contributed by atoms with E-state index in [4.69, 9.17) is 0 Å².